The minimum absolute atomic E-state index is 0.0472. The molecule has 0 radical (unpaired) electrons. The number of esters is 1. The zero-order valence-electron chi connectivity index (χ0n) is 23.5. The third-order valence-electron chi connectivity index (χ3n) is 7.71. The highest BCUT2D eigenvalue weighted by molar-refractivity contribution is 6.00. The summed E-state index contributed by atoms with van der Waals surface area (Å²) in [5, 5.41) is 12.9. The Balaban J connectivity index is 1.38. The number of aromatic nitrogens is 5. The molecule has 10 heteroatoms. The second kappa shape index (κ2) is 10.4. The molecule has 1 amide bonds. The maximum absolute atomic E-state index is 15.8. The van der Waals surface area contributed by atoms with Crippen LogP contribution in [0, 0.1) is 11.7 Å². The third kappa shape index (κ3) is 4.94. The van der Waals surface area contributed by atoms with Crippen LogP contribution in [0.2, 0.25) is 0 Å². The van der Waals surface area contributed by atoms with Crippen LogP contribution in [0.1, 0.15) is 64.7 Å². The minimum atomic E-state index is -0.561. The zero-order valence-corrected chi connectivity index (χ0v) is 23.5. The van der Waals surface area contributed by atoms with Crippen LogP contribution in [0.15, 0.2) is 60.4 Å². The predicted octanol–water partition coefficient (Wildman–Crippen LogP) is 5.04. The molecular weight excluding hydrogens is 523 g/mol. The normalized spacial score (nSPS) is 16.2. The van der Waals surface area contributed by atoms with E-state index in [1.54, 1.807) is 53.5 Å². The standard InChI is InChI=1S/C31H31FN6O3/c1-5-41-31(40)24-15-33-38(29(24)27-18(2)26(27)25-17-37(4)35-34-25)21-9-6-8-20(14-21)22-10-7-11-23(28(22)32)30(39)36(3)16-19-12-13-19/h6-11,14-15,17,19,26H,5,12-13,16H2,1-4H3/t26-/m0/s1. The van der Waals surface area contributed by atoms with E-state index in [2.05, 4.69) is 15.4 Å². The van der Waals surface area contributed by atoms with Crippen molar-refractivity contribution >= 4 is 17.4 Å². The quantitative estimate of drug-likeness (QED) is 0.269. The Kier molecular flexibility index (Phi) is 6.76. The van der Waals surface area contributed by atoms with Gasteiger partial charge in [-0.2, -0.15) is 5.10 Å². The van der Waals surface area contributed by atoms with Gasteiger partial charge >= 0.3 is 5.97 Å². The van der Waals surface area contributed by atoms with Gasteiger partial charge < -0.3 is 9.64 Å². The molecule has 6 rings (SSSR count). The molecule has 2 heterocycles. The summed E-state index contributed by atoms with van der Waals surface area (Å²) in [6.07, 6.45) is 5.57. The Labute approximate surface area is 237 Å². The first kappa shape index (κ1) is 26.6. The van der Waals surface area contributed by atoms with E-state index in [1.165, 1.54) is 12.3 Å². The van der Waals surface area contributed by atoms with Crippen LogP contribution in [0.5, 0.6) is 0 Å². The van der Waals surface area contributed by atoms with Gasteiger partial charge in [0, 0.05) is 32.4 Å². The second-order valence-corrected chi connectivity index (χ2v) is 10.7. The van der Waals surface area contributed by atoms with Gasteiger partial charge in [0.15, 0.2) is 0 Å². The van der Waals surface area contributed by atoms with Gasteiger partial charge in [-0.25, -0.2) is 13.9 Å². The highest BCUT2D eigenvalue weighted by atomic mass is 19.1. The van der Waals surface area contributed by atoms with E-state index in [-0.39, 0.29) is 24.0 Å². The van der Waals surface area contributed by atoms with Crippen molar-refractivity contribution in [2.24, 2.45) is 13.0 Å². The number of nitrogens with zero attached hydrogens (tertiary/aromatic N) is 6. The van der Waals surface area contributed by atoms with E-state index in [0.717, 1.165) is 29.7 Å². The fourth-order valence-corrected chi connectivity index (χ4v) is 5.38. The van der Waals surface area contributed by atoms with E-state index >= 15 is 4.39 Å². The lowest BCUT2D eigenvalue weighted by atomic mass is 10.0. The topological polar surface area (TPSA) is 95.1 Å². The number of ether oxygens (including phenoxy) is 1. The SMILES string of the molecule is CCOC(=O)c1cnn(-c2cccc(-c3cccc(C(=O)N(C)CC4CC4)c3F)c2)c1C1=C(C)[C@H]1c1cn(C)nn1. The number of hydrogen-bond acceptors (Lipinski definition) is 6. The van der Waals surface area contributed by atoms with Crippen LogP contribution in [0.3, 0.4) is 0 Å². The molecule has 1 fully saturated rings. The molecule has 2 aliphatic carbocycles. The number of allylic oxidation sites excluding steroid dienone is 2. The summed E-state index contributed by atoms with van der Waals surface area (Å²) < 4.78 is 24.5. The number of hydrogen-bond donors (Lipinski definition) is 0. The van der Waals surface area contributed by atoms with Crippen molar-refractivity contribution in [1.82, 2.24) is 29.7 Å². The molecular formula is C31H31FN6O3. The molecule has 0 unspecified atom stereocenters. The largest absolute Gasteiger partial charge is 0.462 e. The molecule has 0 saturated heterocycles. The van der Waals surface area contributed by atoms with Crippen LogP contribution < -0.4 is 0 Å². The number of rotatable bonds is 9. The molecule has 1 atom stereocenters. The lowest BCUT2D eigenvalue weighted by Crippen LogP contribution is -2.29. The monoisotopic (exact) mass is 554 g/mol. The summed E-state index contributed by atoms with van der Waals surface area (Å²) >= 11 is 0. The summed E-state index contributed by atoms with van der Waals surface area (Å²) in [6, 6.07) is 12.2. The van der Waals surface area contributed by atoms with Gasteiger partial charge in [-0.05, 0) is 61.9 Å². The van der Waals surface area contributed by atoms with Gasteiger partial charge in [0.2, 0.25) is 0 Å². The van der Waals surface area contributed by atoms with Crippen LogP contribution >= 0.6 is 0 Å². The average Bonchev–Trinajstić information content (AvgIpc) is 3.79. The van der Waals surface area contributed by atoms with Crippen molar-refractivity contribution in [1.29, 1.82) is 0 Å². The molecule has 210 valence electrons. The van der Waals surface area contributed by atoms with Crippen molar-refractivity contribution in [2.45, 2.75) is 32.6 Å². The third-order valence-corrected chi connectivity index (χ3v) is 7.71. The molecule has 0 spiro atoms. The van der Waals surface area contributed by atoms with Gasteiger partial charge in [-0.1, -0.05) is 35.1 Å². The Morgan fingerprint density at radius 2 is 1.93 bits per heavy atom. The van der Waals surface area contributed by atoms with Gasteiger partial charge in [0.25, 0.3) is 5.91 Å². The highest BCUT2D eigenvalue weighted by Gasteiger charge is 2.42. The summed E-state index contributed by atoms with van der Waals surface area (Å²) in [5.41, 5.74) is 5.31. The first-order chi connectivity index (χ1) is 19.8. The zero-order chi connectivity index (χ0) is 28.8. The summed E-state index contributed by atoms with van der Waals surface area (Å²) in [5.74, 6) is -0.944. The van der Waals surface area contributed by atoms with Crippen LogP contribution in [0.4, 0.5) is 4.39 Å². The van der Waals surface area contributed by atoms with Gasteiger partial charge in [0.05, 0.1) is 41.4 Å². The summed E-state index contributed by atoms with van der Waals surface area (Å²) in [6.45, 7) is 4.62. The maximum Gasteiger partial charge on any atom is 0.341 e. The lowest BCUT2D eigenvalue weighted by molar-refractivity contribution is 0.0525. The van der Waals surface area contributed by atoms with Crippen molar-refractivity contribution in [3.63, 3.8) is 0 Å². The van der Waals surface area contributed by atoms with Gasteiger partial charge in [-0.15, -0.1) is 5.10 Å². The van der Waals surface area contributed by atoms with Crippen molar-refractivity contribution < 1.29 is 18.7 Å². The molecule has 1 saturated carbocycles. The Hall–Kier alpha value is -4.60. The van der Waals surface area contributed by atoms with Crippen molar-refractivity contribution in [2.75, 3.05) is 20.2 Å². The number of halogens is 1. The molecule has 2 aromatic heterocycles. The molecule has 4 aromatic rings. The molecule has 9 nitrogen and oxygen atoms in total. The van der Waals surface area contributed by atoms with Gasteiger partial charge in [0.1, 0.15) is 11.4 Å². The van der Waals surface area contributed by atoms with Crippen molar-refractivity contribution in [3.05, 3.63) is 88.8 Å². The number of benzene rings is 2. The molecule has 0 N–H and O–H groups in total. The molecule has 41 heavy (non-hydrogen) atoms. The molecule has 0 bridgehead atoms. The first-order valence-corrected chi connectivity index (χ1v) is 13.8. The van der Waals surface area contributed by atoms with Crippen LogP contribution in [0.25, 0.3) is 22.4 Å². The molecule has 2 aromatic carbocycles. The fourth-order valence-electron chi connectivity index (χ4n) is 5.38. The van der Waals surface area contributed by atoms with E-state index in [1.807, 2.05) is 31.3 Å². The average molecular weight is 555 g/mol. The van der Waals surface area contributed by atoms with E-state index < -0.39 is 11.8 Å². The number of carbonyl (C=O) groups is 2. The Morgan fingerprint density at radius 1 is 1.15 bits per heavy atom. The Morgan fingerprint density at radius 3 is 2.63 bits per heavy atom. The molecule has 2 aliphatic rings. The second-order valence-electron chi connectivity index (χ2n) is 10.7. The van der Waals surface area contributed by atoms with E-state index in [0.29, 0.717) is 40.5 Å². The van der Waals surface area contributed by atoms with E-state index in [9.17, 15) is 9.59 Å². The number of amides is 1. The Bertz CT molecular complexity index is 1700. The lowest BCUT2D eigenvalue weighted by Gasteiger charge is -2.18. The fraction of sp³-hybridized carbons (Fsp3) is 0.323. The minimum Gasteiger partial charge on any atom is -0.462 e. The van der Waals surface area contributed by atoms with Gasteiger partial charge in [-0.3, -0.25) is 9.48 Å². The predicted molar refractivity (Wildman–Crippen MR) is 151 cm³/mol. The van der Waals surface area contributed by atoms with Crippen molar-refractivity contribution in [3.8, 4) is 16.8 Å². The van der Waals surface area contributed by atoms with Crippen LogP contribution in [-0.2, 0) is 11.8 Å². The molecule has 0 aliphatic heterocycles. The van der Waals surface area contributed by atoms with E-state index in [4.69, 9.17) is 4.74 Å². The summed E-state index contributed by atoms with van der Waals surface area (Å²) in [7, 11) is 3.52. The van der Waals surface area contributed by atoms with Crippen LogP contribution in [-0.4, -0.2) is 61.8 Å². The maximum atomic E-state index is 15.8. The number of aryl methyl sites for hydroxylation is 1. The first-order valence-electron chi connectivity index (χ1n) is 13.8. The highest BCUT2D eigenvalue weighted by Crippen LogP contribution is 2.54. The summed E-state index contributed by atoms with van der Waals surface area (Å²) in [4.78, 5) is 27.6. The number of carbonyl (C=O) groups excluding carboxylic acids is 2. The smallest absolute Gasteiger partial charge is 0.341 e.